The average molecular weight is 287 g/mol. The Hall–Kier alpha value is -2.24. The van der Waals surface area contributed by atoms with Crippen LogP contribution in [0.1, 0.15) is 18.5 Å². The fraction of sp³-hybridized carbons (Fsp3) is 0.400. The molecule has 0 bridgehead atoms. The number of hydrogen-bond acceptors (Lipinski definition) is 5. The van der Waals surface area contributed by atoms with Crippen LogP contribution in [0.3, 0.4) is 0 Å². The van der Waals surface area contributed by atoms with Crippen LogP contribution in [0.4, 0.5) is 16.0 Å². The molecule has 0 aliphatic carbocycles. The van der Waals surface area contributed by atoms with Gasteiger partial charge < -0.3 is 10.2 Å². The van der Waals surface area contributed by atoms with Gasteiger partial charge in [0.25, 0.3) is 0 Å². The molecule has 21 heavy (non-hydrogen) atoms. The number of nitrogens with one attached hydrogen (secondary N) is 1. The SMILES string of the molecule is Cc1cc(NC2CCN(c3ccc(F)cn3)CC2)ncn1. The molecule has 1 fully saturated rings. The van der Waals surface area contributed by atoms with Gasteiger partial charge >= 0.3 is 0 Å². The first-order chi connectivity index (χ1) is 10.2. The molecule has 1 aliphatic heterocycles. The first kappa shape index (κ1) is 13.7. The zero-order valence-electron chi connectivity index (χ0n) is 12.0. The number of aryl methyl sites for hydroxylation is 1. The van der Waals surface area contributed by atoms with Gasteiger partial charge in [0.2, 0.25) is 0 Å². The Morgan fingerprint density at radius 3 is 2.67 bits per heavy atom. The number of hydrogen-bond donors (Lipinski definition) is 1. The minimum absolute atomic E-state index is 0.297. The highest BCUT2D eigenvalue weighted by atomic mass is 19.1. The smallest absolute Gasteiger partial charge is 0.141 e. The Morgan fingerprint density at radius 2 is 2.00 bits per heavy atom. The van der Waals surface area contributed by atoms with E-state index in [0.29, 0.717) is 6.04 Å². The Labute approximate surface area is 123 Å². The molecular weight excluding hydrogens is 269 g/mol. The Bertz CT molecular complexity index is 593. The summed E-state index contributed by atoms with van der Waals surface area (Å²) in [6.07, 6.45) is 4.85. The molecule has 1 aliphatic rings. The molecular formula is C15H18FN5. The van der Waals surface area contributed by atoms with Gasteiger partial charge in [0.15, 0.2) is 0 Å². The van der Waals surface area contributed by atoms with E-state index >= 15 is 0 Å². The third-order valence-corrected chi connectivity index (χ3v) is 3.69. The van der Waals surface area contributed by atoms with Gasteiger partial charge in [-0.1, -0.05) is 0 Å². The molecule has 0 aromatic carbocycles. The highest BCUT2D eigenvalue weighted by Gasteiger charge is 2.20. The topological polar surface area (TPSA) is 53.9 Å². The van der Waals surface area contributed by atoms with Crippen molar-refractivity contribution in [2.75, 3.05) is 23.3 Å². The maximum absolute atomic E-state index is 12.9. The molecule has 0 unspecified atom stereocenters. The number of halogens is 1. The van der Waals surface area contributed by atoms with E-state index < -0.39 is 0 Å². The van der Waals surface area contributed by atoms with Crippen molar-refractivity contribution in [3.63, 3.8) is 0 Å². The average Bonchev–Trinajstić information content (AvgIpc) is 2.49. The second kappa shape index (κ2) is 6.03. The van der Waals surface area contributed by atoms with Crippen LogP contribution >= 0.6 is 0 Å². The van der Waals surface area contributed by atoms with E-state index in [-0.39, 0.29) is 5.82 Å². The summed E-state index contributed by atoms with van der Waals surface area (Å²) in [5.41, 5.74) is 0.959. The number of rotatable bonds is 3. The van der Waals surface area contributed by atoms with Gasteiger partial charge in [0.1, 0.15) is 23.8 Å². The second-order valence-corrected chi connectivity index (χ2v) is 5.28. The number of aromatic nitrogens is 3. The zero-order valence-corrected chi connectivity index (χ0v) is 12.0. The van der Waals surface area contributed by atoms with Crippen molar-refractivity contribution in [2.24, 2.45) is 0 Å². The largest absolute Gasteiger partial charge is 0.367 e. The molecule has 2 aromatic heterocycles. The summed E-state index contributed by atoms with van der Waals surface area (Å²) in [6.45, 7) is 3.76. The van der Waals surface area contributed by atoms with Crippen molar-refractivity contribution < 1.29 is 4.39 Å². The Kier molecular flexibility index (Phi) is 3.94. The van der Waals surface area contributed by atoms with Gasteiger partial charge in [-0.2, -0.15) is 0 Å². The third-order valence-electron chi connectivity index (χ3n) is 3.69. The summed E-state index contributed by atoms with van der Waals surface area (Å²) in [5, 5.41) is 3.44. The molecule has 5 nitrogen and oxygen atoms in total. The lowest BCUT2D eigenvalue weighted by Crippen LogP contribution is -2.39. The van der Waals surface area contributed by atoms with Crippen molar-refractivity contribution in [1.82, 2.24) is 15.0 Å². The molecule has 1 saturated heterocycles. The lowest BCUT2D eigenvalue weighted by molar-refractivity contribution is 0.521. The molecule has 0 atom stereocenters. The Balaban J connectivity index is 1.56. The number of anilines is 2. The first-order valence-corrected chi connectivity index (χ1v) is 7.12. The highest BCUT2D eigenvalue weighted by Crippen LogP contribution is 2.20. The fourth-order valence-electron chi connectivity index (χ4n) is 2.55. The maximum atomic E-state index is 12.9. The van der Waals surface area contributed by atoms with Crippen LogP contribution in [-0.2, 0) is 0 Å². The van der Waals surface area contributed by atoms with E-state index in [9.17, 15) is 4.39 Å². The van der Waals surface area contributed by atoms with Crippen LogP contribution in [0.5, 0.6) is 0 Å². The Morgan fingerprint density at radius 1 is 1.19 bits per heavy atom. The number of piperidine rings is 1. The van der Waals surface area contributed by atoms with Crippen LogP contribution in [0, 0.1) is 12.7 Å². The fourth-order valence-corrected chi connectivity index (χ4v) is 2.55. The van der Waals surface area contributed by atoms with E-state index in [1.165, 1.54) is 12.3 Å². The van der Waals surface area contributed by atoms with Crippen molar-refractivity contribution in [3.05, 3.63) is 42.2 Å². The predicted molar refractivity (Wildman–Crippen MR) is 79.8 cm³/mol. The minimum Gasteiger partial charge on any atom is -0.367 e. The second-order valence-electron chi connectivity index (χ2n) is 5.28. The molecule has 0 amide bonds. The van der Waals surface area contributed by atoms with Crippen LogP contribution in [0.15, 0.2) is 30.7 Å². The summed E-state index contributed by atoms with van der Waals surface area (Å²) < 4.78 is 12.9. The zero-order chi connectivity index (χ0) is 14.7. The predicted octanol–water partition coefficient (Wildman–Crippen LogP) is 2.40. The lowest BCUT2D eigenvalue weighted by atomic mass is 10.1. The molecule has 6 heteroatoms. The lowest BCUT2D eigenvalue weighted by Gasteiger charge is -2.33. The van der Waals surface area contributed by atoms with E-state index in [2.05, 4.69) is 25.2 Å². The van der Waals surface area contributed by atoms with Crippen molar-refractivity contribution in [2.45, 2.75) is 25.8 Å². The van der Waals surface area contributed by atoms with Gasteiger partial charge in [0, 0.05) is 30.9 Å². The van der Waals surface area contributed by atoms with E-state index in [0.717, 1.165) is 43.3 Å². The summed E-state index contributed by atoms with van der Waals surface area (Å²) in [7, 11) is 0. The molecule has 0 spiro atoms. The van der Waals surface area contributed by atoms with Gasteiger partial charge in [-0.15, -0.1) is 0 Å². The van der Waals surface area contributed by atoms with E-state index in [1.54, 1.807) is 12.4 Å². The van der Waals surface area contributed by atoms with Crippen molar-refractivity contribution in [3.8, 4) is 0 Å². The van der Waals surface area contributed by atoms with Gasteiger partial charge in [-0.05, 0) is 31.9 Å². The van der Waals surface area contributed by atoms with Gasteiger partial charge in [-0.25, -0.2) is 19.3 Å². The molecule has 0 radical (unpaired) electrons. The molecule has 1 N–H and O–H groups in total. The van der Waals surface area contributed by atoms with Crippen LogP contribution in [0.25, 0.3) is 0 Å². The standard InChI is InChI=1S/C15H18FN5/c1-11-8-14(19-10-18-11)20-13-4-6-21(7-5-13)15-3-2-12(16)9-17-15/h2-3,8-10,13H,4-7H2,1H3,(H,18,19,20). The minimum atomic E-state index is -0.297. The summed E-state index contributed by atoms with van der Waals surface area (Å²) >= 11 is 0. The monoisotopic (exact) mass is 287 g/mol. The summed E-state index contributed by atoms with van der Waals surface area (Å²) in [4.78, 5) is 14.6. The molecule has 0 saturated carbocycles. The number of nitrogens with zero attached hydrogens (tertiary/aromatic N) is 4. The summed E-state index contributed by atoms with van der Waals surface area (Å²) in [5.74, 6) is 1.42. The number of pyridine rings is 1. The summed E-state index contributed by atoms with van der Waals surface area (Å²) in [6, 6.07) is 5.54. The van der Waals surface area contributed by atoms with Gasteiger partial charge in [0.05, 0.1) is 6.20 Å². The van der Waals surface area contributed by atoms with E-state index in [4.69, 9.17) is 0 Å². The van der Waals surface area contributed by atoms with Crippen molar-refractivity contribution >= 4 is 11.6 Å². The maximum Gasteiger partial charge on any atom is 0.141 e. The van der Waals surface area contributed by atoms with Crippen molar-refractivity contribution in [1.29, 1.82) is 0 Å². The normalized spacial score (nSPS) is 16.0. The molecule has 2 aromatic rings. The van der Waals surface area contributed by atoms with Crippen LogP contribution in [0.2, 0.25) is 0 Å². The molecule has 3 heterocycles. The van der Waals surface area contributed by atoms with Crippen LogP contribution < -0.4 is 10.2 Å². The molecule has 110 valence electrons. The van der Waals surface area contributed by atoms with Gasteiger partial charge in [-0.3, -0.25) is 0 Å². The van der Waals surface area contributed by atoms with E-state index in [1.807, 2.05) is 13.0 Å². The highest BCUT2D eigenvalue weighted by molar-refractivity contribution is 5.40. The van der Waals surface area contributed by atoms with Crippen LogP contribution in [-0.4, -0.2) is 34.1 Å². The third kappa shape index (κ3) is 3.45. The molecule has 3 rings (SSSR count). The quantitative estimate of drug-likeness (QED) is 0.939. The first-order valence-electron chi connectivity index (χ1n) is 7.12.